The molecule has 2 atom stereocenters. The summed E-state index contributed by atoms with van der Waals surface area (Å²) in [5.41, 5.74) is 6.77. The average Bonchev–Trinajstić information content (AvgIpc) is 3.02. The minimum absolute atomic E-state index is 0. The van der Waals surface area contributed by atoms with Crippen molar-refractivity contribution in [2.24, 2.45) is 5.73 Å². The highest BCUT2D eigenvalue weighted by Crippen LogP contribution is 2.36. The lowest BCUT2D eigenvalue weighted by molar-refractivity contribution is -0.137. The summed E-state index contributed by atoms with van der Waals surface area (Å²) in [6.45, 7) is 0. The molecule has 1 aromatic heterocycles. The number of nitrogens with zero attached hydrogens (tertiary/aromatic N) is 2. The molecule has 1 aliphatic rings. The van der Waals surface area contributed by atoms with Gasteiger partial charge in [-0.05, 0) is 47.2 Å². The monoisotopic (exact) mass is 421 g/mol. The summed E-state index contributed by atoms with van der Waals surface area (Å²) in [4.78, 5) is 15.0. The quantitative estimate of drug-likeness (QED) is 0.695. The molecule has 0 spiro atoms. The molecule has 0 fully saturated rings. The Hall–Kier alpha value is -1.29. The number of hydrogen-bond acceptors (Lipinski definition) is 5. The zero-order chi connectivity index (χ0) is 18.0. The standard InChI is InChI=1S/C16H17F2N3O2S2.ClH/c17-10-5-9-6-11(1-2-12(9)13(18)7-10)21-4-3-20-16(21)25-24-8-14(19)15(22)23;/h3-5,7,11,14H,1-2,6,8,19H2,(H,22,23);1H/t11?,14-;/m0./s1. The summed E-state index contributed by atoms with van der Waals surface area (Å²) in [5, 5.41) is 9.54. The molecule has 0 saturated heterocycles. The largest absolute Gasteiger partial charge is 0.480 e. The van der Waals surface area contributed by atoms with Crippen molar-refractivity contribution >= 4 is 40.0 Å². The van der Waals surface area contributed by atoms with Gasteiger partial charge >= 0.3 is 5.97 Å². The van der Waals surface area contributed by atoms with Gasteiger partial charge in [-0.1, -0.05) is 10.8 Å². The number of fused-ring (bicyclic) bond motifs is 1. The molecule has 10 heteroatoms. The van der Waals surface area contributed by atoms with Crippen LogP contribution in [0.3, 0.4) is 0 Å². The zero-order valence-corrected chi connectivity index (χ0v) is 16.0. The maximum atomic E-state index is 13.9. The molecule has 1 aliphatic carbocycles. The van der Waals surface area contributed by atoms with Gasteiger partial charge in [0.1, 0.15) is 17.7 Å². The first-order chi connectivity index (χ1) is 12.0. The number of rotatable bonds is 6. The van der Waals surface area contributed by atoms with E-state index in [1.54, 1.807) is 6.20 Å². The first-order valence-corrected chi connectivity index (χ1v) is 10.0. The molecule has 142 valence electrons. The van der Waals surface area contributed by atoms with E-state index < -0.39 is 23.6 Å². The third-order valence-electron chi connectivity index (χ3n) is 4.16. The second kappa shape index (κ2) is 9.07. The van der Waals surface area contributed by atoms with E-state index in [2.05, 4.69) is 4.98 Å². The molecule has 0 amide bonds. The number of hydrogen-bond donors (Lipinski definition) is 2. The lowest BCUT2D eigenvalue weighted by Gasteiger charge is -2.27. The maximum absolute atomic E-state index is 13.9. The van der Waals surface area contributed by atoms with Crippen LogP contribution < -0.4 is 5.73 Å². The second-order valence-corrected chi connectivity index (χ2v) is 8.16. The fraction of sp³-hybridized carbons (Fsp3) is 0.375. The van der Waals surface area contributed by atoms with Crippen LogP contribution in [-0.2, 0) is 17.6 Å². The Morgan fingerprint density at radius 3 is 2.96 bits per heavy atom. The third-order valence-corrected chi connectivity index (χ3v) is 6.45. The van der Waals surface area contributed by atoms with Crippen molar-refractivity contribution in [2.75, 3.05) is 5.75 Å². The predicted octanol–water partition coefficient (Wildman–Crippen LogP) is 3.47. The van der Waals surface area contributed by atoms with Crippen LogP contribution in [0.4, 0.5) is 8.78 Å². The molecule has 3 N–H and O–H groups in total. The minimum Gasteiger partial charge on any atom is -0.480 e. The van der Waals surface area contributed by atoms with Crippen LogP contribution >= 0.6 is 34.0 Å². The number of aromatic nitrogens is 2. The van der Waals surface area contributed by atoms with E-state index in [1.165, 1.54) is 27.7 Å². The molecule has 3 rings (SSSR count). The van der Waals surface area contributed by atoms with E-state index in [9.17, 15) is 13.6 Å². The molecule has 26 heavy (non-hydrogen) atoms. The predicted molar refractivity (Wildman–Crippen MR) is 101 cm³/mol. The van der Waals surface area contributed by atoms with Gasteiger partial charge in [0.2, 0.25) is 0 Å². The molecule has 5 nitrogen and oxygen atoms in total. The van der Waals surface area contributed by atoms with Gasteiger partial charge in [-0.15, -0.1) is 12.4 Å². The molecule has 1 unspecified atom stereocenters. The molecule has 0 bridgehead atoms. The van der Waals surface area contributed by atoms with Crippen LogP contribution in [0, 0.1) is 11.6 Å². The number of nitrogens with two attached hydrogens (primary N) is 1. The molecular formula is C16H18ClF2N3O2S2. The van der Waals surface area contributed by atoms with Gasteiger partial charge in [0.15, 0.2) is 5.16 Å². The average molecular weight is 422 g/mol. The van der Waals surface area contributed by atoms with E-state index in [4.69, 9.17) is 10.8 Å². The normalized spacial score (nSPS) is 17.3. The Labute approximate surface area is 163 Å². The van der Waals surface area contributed by atoms with Gasteiger partial charge in [-0.3, -0.25) is 4.79 Å². The fourth-order valence-electron chi connectivity index (χ4n) is 2.90. The van der Waals surface area contributed by atoms with Crippen molar-refractivity contribution in [1.29, 1.82) is 0 Å². The van der Waals surface area contributed by atoms with Crippen LogP contribution in [0.1, 0.15) is 23.6 Å². The van der Waals surface area contributed by atoms with Crippen molar-refractivity contribution < 1.29 is 18.7 Å². The van der Waals surface area contributed by atoms with Crippen molar-refractivity contribution in [3.05, 3.63) is 47.3 Å². The van der Waals surface area contributed by atoms with Crippen LogP contribution in [0.15, 0.2) is 29.7 Å². The van der Waals surface area contributed by atoms with Gasteiger partial charge in [-0.2, -0.15) is 0 Å². The van der Waals surface area contributed by atoms with Gasteiger partial charge in [0, 0.05) is 30.3 Å². The number of aliphatic carboxylic acids is 1. The molecular weight excluding hydrogens is 404 g/mol. The topological polar surface area (TPSA) is 81.1 Å². The first kappa shape index (κ1) is 21.0. The van der Waals surface area contributed by atoms with Crippen LogP contribution in [0.2, 0.25) is 0 Å². The number of carbonyl (C=O) groups is 1. The maximum Gasteiger partial charge on any atom is 0.321 e. The highest BCUT2D eigenvalue weighted by molar-refractivity contribution is 8.76. The molecule has 2 aromatic rings. The van der Waals surface area contributed by atoms with Crippen LogP contribution in [0.5, 0.6) is 0 Å². The SMILES string of the molecule is Cl.N[C@@H](CSSc1nccn1C1CCc2c(F)cc(F)cc2C1)C(=O)O. The van der Waals surface area contributed by atoms with E-state index >= 15 is 0 Å². The van der Waals surface area contributed by atoms with Crippen molar-refractivity contribution in [3.8, 4) is 0 Å². The van der Waals surface area contributed by atoms with Crippen molar-refractivity contribution in [2.45, 2.75) is 36.5 Å². The third kappa shape index (κ3) is 4.70. The number of imidazole rings is 1. The Balaban J connectivity index is 0.00000243. The summed E-state index contributed by atoms with van der Waals surface area (Å²) < 4.78 is 29.3. The van der Waals surface area contributed by atoms with E-state index in [1.807, 2.05) is 10.8 Å². The van der Waals surface area contributed by atoms with Gasteiger partial charge in [-0.25, -0.2) is 13.8 Å². The summed E-state index contributed by atoms with van der Waals surface area (Å²) in [5.74, 6) is -1.82. The summed E-state index contributed by atoms with van der Waals surface area (Å²) in [6, 6.07) is 1.47. The number of halogens is 3. The van der Waals surface area contributed by atoms with Crippen molar-refractivity contribution in [1.82, 2.24) is 9.55 Å². The highest BCUT2D eigenvalue weighted by atomic mass is 35.5. The Morgan fingerprint density at radius 2 is 2.23 bits per heavy atom. The Morgan fingerprint density at radius 1 is 1.46 bits per heavy atom. The van der Waals surface area contributed by atoms with Crippen molar-refractivity contribution in [3.63, 3.8) is 0 Å². The lowest BCUT2D eigenvalue weighted by Crippen LogP contribution is -2.32. The second-order valence-electron chi connectivity index (χ2n) is 5.85. The first-order valence-electron chi connectivity index (χ1n) is 7.73. The van der Waals surface area contributed by atoms with Gasteiger partial charge in [0.25, 0.3) is 0 Å². The van der Waals surface area contributed by atoms with E-state index in [0.29, 0.717) is 24.0 Å². The highest BCUT2D eigenvalue weighted by Gasteiger charge is 2.25. The summed E-state index contributed by atoms with van der Waals surface area (Å²) >= 11 is 0. The number of carboxylic acids is 1. The van der Waals surface area contributed by atoms with E-state index in [0.717, 1.165) is 17.6 Å². The lowest BCUT2D eigenvalue weighted by atomic mass is 9.87. The molecule has 0 aliphatic heterocycles. The van der Waals surface area contributed by atoms with E-state index in [-0.39, 0.29) is 24.2 Å². The summed E-state index contributed by atoms with van der Waals surface area (Å²) in [6.07, 6.45) is 5.32. The Bertz CT molecular complexity index is 791. The fourth-order valence-corrected chi connectivity index (χ4v) is 5.11. The molecule has 0 radical (unpaired) electrons. The number of carboxylic acid groups (broad SMARTS) is 1. The smallest absolute Gasteiger partial charge is 0.321 e. The zero-order valence-electron chi connectivity index (χ0n) is 13.6. The minimum atomic E-state index is -1.04. The van der Waals surface area contributed by atoms with Crippen LogP contribution in [0.25, 0.3) is 0 Å². The van der Waals surface area contributed by atoms with Gasteiger partial charge in [0.05, 0.1) is 0 Å². The number of benzene rings is 1. The van der Waals surface area contributed by atoms with Crippen LogP contribution in [-0.4, -0.2) is 32.4 Å². The van der Waals surface area contributed by atoms with Gasteiger partial charge < -0.3 is 15.4 Å². The molecule has 0 saturated carbocycles. The summed E-state index contributed by atoms with van der Waals surface area (Å²) in [7, 11) is 2.68. The molecule has 1 heterocycles. The Kier molecular flexibility index (Phi) is 7.33. The molecule has 1 aromatic carbocycles.